The van der Waals surface area contributed by atoms with Crippen molar-refractivity contribution < 1.29 is 0 Å². The second-order valence-electron chi connectivity index (χ2n) is 2.14. The van der Waals surface area contributed by atoms with E-state index in [0.29, 0.717) is 0 Å². The van der Waals surface area contributed by atoms with E-state index in [1.54, 1.807) is 0 Å². The Morgan fingerprint density at radius 2 is 2.00 bits per heavy atom. The van der Waals surface area contributed by atoms with Crippen molar-refractivity contribution in [2.45, 2.75) is 6.42 Å². The summed E-state index contributed by atoms with van der Waals surface area (Å²) in [5, 5.41) is 0. The summed E-state index contributed by atoms with van der Waals surface area (Å²) in [5.74, 6) is 0. The highest BCUT2D eigenvalue weighted by Gasteiger charge is 2.01. The first-order chi connectivity index (χ1) is 4.47. The van der Waals surface area contributed by atoms with E-state index in [2.05, 4.69) is 11.1 Å². The molecule has 0 unspecified atom stereocenters. The molecular weight excluding hydrogens is 237 g/mol. The van der Waals surface area contributed by atoms with Crippen LogP contribution in [0, 0.1) is 0 Å². The molecule has 0 amide bonds. The molecule has 0 saturated carbocycles. The molecule has 0 aliphatic carbocycles. The van der Waals surface area contributed by atoms with Crippen LogP contribution in [0.2, 0.25) is 0 Å². The number of halogens is 1. The van der Waals surface area contributed by atoms with Crippen LogP contribution in [0.15, 0.2) is 29.3 Å². The number of nitrogens with zero attached hydrogens (tertiary/aromatic N) is 1. The molecule has 52 valence electrons. The van der Waals surface area contributed by atoms with Crippen molar-refractivity contribution in [1.82, 2.24) is 0 Å². The van der Waals surface area contributed by atoms with Crippen LogP contribution in [-0.4, -0.2) is 6.21 Å². The maximum absolute atomic E-state index is 4.17. The molecule has 0 N–H and O–H groups in total. The first kappa shape index (κ1) is 7.72. The third-order valence-electron chi connectivity index (χ3n) is 1.53. The zero-order chi connectivity index (χ0) is 6.10. The van der Waals surface area contributed by atoms with Crippen LogP contribution in [0.5, 0.6) is 0 Å². The van der Waals surface area contributed by atoms with Crippen LogP contribution >= 0.6 is 24.0 Å². The maximum atomic E-state index is 4.17. The van der Waals surface area contributed by atoms with Gasteiger partial charge in [-0.25, -0.2) is 0 Å². The Morgan fingerprint density at radius 3 is 2.80 bits per heavy atom. The lowest BCUT2D eigenvalue weighted by atomic mass is 10.2. The van der Waals surface area contributed by atoms with Crippen LogP contribution in [0.1, 0.15) is 5.56 Å². The van der Waals surface area contributed by atoms with E-state index >= 15 is 0 Å². The van der Waals surface area contributed by atoms with E-state index in [4.69, 9.17) is 0 Å². The Kier molecular flexibility index (Phi) is 2.43. The Balaban J connectivity index is 0.000000500. The number of benzene rings is 1. The largest absolute Gasteiger partial charge is 0.261 e. The molecular formula is C8H8IN. The number of aliphatic imine (C=N–C) groups is 1. The minimum atomic E-state index is 0. The minimum absolute atomic E-state index is 0. The van der Waals surface area contributed by atoms with Gasteiger partial charge in [-0.05, 0) is 11.6 Å². The van der Waals surface area contributed by atoms with E-state index in [9.17, 15) is 0 Å². The smallest absolute Gasteiger partial charge is 0.0661 e. The third kappa shape index (κ3) is 1.21. The van der Waals surface area contributed by atoms with Gasteiger partial charge < -0.3 is 0 Å². The molecule has 0 radical (unpaired) electrons. The van der Waals surface area contributed by atoms with Gasteiger partial charge in [0.2, 0.25) is 0 Å². The van der Waals surface area contributed by atoms with E-state index in [1.807, 2.05) is 24.4 Å². The van der Waals surface area contributed by atoms with E-state index in [-0.39, 0.29) is 24.0 Å². The predicted octanol–water partition coefficient (Wildman–Crippen LogP) is 2.56. The topological polar surface area (TPSA) is 12.4 Å². The summed E-state index contributed by atoms with van der Waals surface area (Å²) in [4.78, 5) is 4.17. The average molecular weight is 245 g/mol. The molecule has 1 aromatic carbocycles. The predicted molar refractivity (Wildman–Crippen MR) is 53.7 cm³/mol. The van der Waals surface area contributed by atoms with Crippen molar-refractivity contribution in [3.8, 4) is 0 Å². The summed E-state index contributed by atoms with van der Waals surface area (Å²) in [6.45, 7) is 0. The number of rotatable bonds is 0. The van der Waals surface area contributed by atoms with Crippen molar-refractivity contribution in [3.05, 3.63) is 29.8 Å². The van der Waals surface area contributed by atoms with Gasteiger partial charge in [0, 0.05) is 12.6 Å². The highest BCUT2D eigenvalue weighted by atomic mass is 127. The highest BCUT2D eigenvalue weighted by molar-refractivity contribution is 14.0. The molecule has 1 heterocycles. The standard InChI is InChI=1S/C8H7N.HI/c1-2-4-8-7(3-1)5-6-9-8;/h1-4,6H,5H2;1H. The third-order valence-corrected chi connectivity index (χ3v) is 1.53. The normalized spacial score (nSPS) is 12.4. The summed E-state index contributed by atoms with van der Waals surface area (Å²) in [6.07, 6.45) is 2.96. The van der Waals surface area contributed by atoms with Crippen molar-refractivity contribution in [2.24, 2.45) is 4.99 Å². The Morgan fingerprint density at radius 1 is 1.20 bits per heavy atom. The van der Waals surface area contributed by atoms with Gasteiger partial charge >= 0.3 is 0 Å². The molecule has 10 heavy (non-hydrogen) atoms. The van der Waals surface area contributed by atoms with E-state index < -0.39 is 0 Å². The Hall–Kier alpha value is -0.380. The SMILES string of the molecule is C1=Nc2ccccc2C1.I. The molecule has 0 bridgehead atoms. The summed E-state index contributed by atoms with van der Waals surface area (Å²) in [7, 11) is 0. The Labute approximate surface area is 77.2 Å². The number of fused-ring (bicyclic) bond motifs is 1. The van der Waals surface area contributed by atoms with Crippen LogP contribution in [0.4, 0.5) is 5.69 Å². The van der Waals surface area contributed by atoms with Gasteiger partial charge in [0.05, 0.1) is 5.69 Å². The zero-order valence-corrected chi connectivity index (χ0v) is 7.78. The van der Waals surface area contributed by atoms with E-state index in [1.165, 1.54) is 5.56 Å². The molecule has 1 aromatic rings. The van der Waals surface area contributed by atoms with Gasteiger partial charge in [-0.3, -0.25) is 4.99 Å². The second kappa shape index (κ2) is 3.14. The number of hydrogen-bond donors (Lipinski definition) is 0. The quantitative estimate of drug-likeness (QED) is 0.623. The fraction of sp³-hybridized carbons (Fsp3) is 0.125. The van der Waals surface area contributed by atoms with Gasteiger partial charge in [0.15, 0.2) is 0 Å². The molecule has 0 spiro atoms. The monoisotopic (exact) mass is 245 g/mol. The van der Waals surface area contributed by atoms with Crippen molar-refractivity contribution >= 4 is 35.9 Å². The molecule has 0 saturated heterocycles. The van der Waals surface area contributed by atoms with Gasteiger partial charge in [-0.1, -0.05) is 18.2 Å². The fourth-order valence-electron chi connectivity index (χ4n) is 1.05. The Bertz CT molecular complexity index is 255. The van der Waals surface area contributed by atoms with Crippen LogP contribution < -0.4 is 0 Å². The summed E-state index contributed by atoms with van der Waals surface area (Å²) < 4.78 is 0. The highest BCUT2D eigenvalue weighted by Crippen LogP contribution is 2.22. The molecule has 1 aliphatic rings. The minimum Gasteiger partial charge on any atom is -0.261 e. The van der Waals surface area contributed by atoms with Gasteiger partial charge in [0.1, 0.15) is 0 Å². The first-order valence-electron chi connectivity index (χ1n) is 3.07. The molecule has 2 rings (SSSR count). The van der Waals surface area contributed by atoms with Crippen molar-refractivity contribution in [1.29, 1.82) is 0 Å². The van der Waals surface area contributed by atoms with Gasteiger partial charge in [-0.2, -0.15) is 0 Å². The van der Waals surface area contributed by atoms with Crippen molar-refractivity contribution in [2.75, 3.05) is 0 Å². The summed E-state index contributed by atoms with van der Waals surface area (Å²) >= 11 is 0. The van der Waals surface area contributed by atoms with Crippen LogP contribution in [-0.2, 0) is 6.42 Å². The number of para-hydroxylation sites is 1. The van der Waals surface area contributed by atoms with Crippen LogP contribution in [0.25, 0.3) is 0 Å². The van der Waals surface area contributed by atoms with Crippen LogP contribution in [0.3, 0.4) is 0 Å². The molecule has 0 fully saturated rings. The number of hydrogen-bond acceptors (Lipinski definition) is 1. The lowest BCUT2D eigenvalue weighted by Gasteiger charge is -1.91. The van der Waals surface area contributed by atoms with Crippen molar-refractivity contribution in [3.63, 3.8) is 0 Å². The zero-order valence-electron chi connectivity index (χ0n) is 5.45. The summed E-state index contributed by atoms with van der Waals surface area (Å²) in [6, 6.07) is 8.22. The second-order valence-corrected chi connectivity index (χ2v) is 2.14. The van der Waals surface area contributed by atoms with Gasteiger partial charge in [-0.15, -0.1) is 24.0 Å². The summed E-state index contributed by atoms with van der Waals surface area (Å²) in [5.41, 5.74) is 2.48. The maximum Gasteiger partial charge on any atom is 0.0661 e. The molecule has 0 atom stereocenters. The van der Waals surface area contributed by atoms with E-state index in [0.717, 1.165) is 12.1 Å². The molecule has 1 aliphatic heterocycles. The lowest BCUT2D eigenvalue weighted by Crippen LogP contribution is -1.75. The average Bonchev–Trinajstić information content (AvgIpc) is 2.33. The molecule has 0 aromatic heterocycles. The lowest BCUT2D eigenvalue weighted by molar-refractivity contribution is 1.41. The van der Waals surface area contributed by atoms with Gasteiger partial charge in [0.25, 0.3) is 0 Å². The molecule has 2 heteroatoms. The molecule has 1 nitrogen and oxygen atoms in total. The fourth-order valence-corrected chi connectivity index (χ4v) is 1.05. The first-order valence-corrected chi connectivity index (χ1v) is 3.07.